The van der Waals surface area contributed by atoms with E-state index in [1.165, 1.54) is 6.92 Å². The number of aryl methyl sites for hydroxylation is 1. The summed E-state index contributed by atoms with van der Waals surface area (Å²) in [5, 5.41) is 18.7. The number of nitrogens with zero attached hydrogens (tertiary/aromatic N) is 1. The average Bonchev–Trinajstić information content (AvgIpc) is 2.35. The first kappa shape index (κ1) is 14.1. The molecule has 7 heteroatoms. The molecule has 0 bridgehead atoms. The van der Waals surface area contributed by atoms with Crippen molar-refractivity contribution in [3.8, 4) is 5.75 Å². The number of benzene rings is 1. The van der Waals surface area contributed by atoms with Crippen LogP contribution in [0.15, 0.2) is 34.1 Å². The van der Waals surface area contributed by atoms with Gasteiger partial charge in [-0.3, -0.25) is 0 Å². The van der Waals surface area contributed by atoms with Crippen molar-refractivity contribution in [1.82, 2.24) is 9.97 Å². The van der Waals surface area contributed by atoms with E-state index in [2.05, 4.69) is 9.97 Å². The molecule has 3 N–H and O–H groups in total. The van der Waals surface area contributed by atoms with E-state index in [1.807, 2.05) is 0 Å². The van der Waals surface area contributed by atoms with Crippen LogP contribution in [-0.4, -0.2) is 26.2 Å². The Hall–Kier alpha value is -2.28. The van der Waals surface area contributed by atoms with Crippen LogP contribution >= 0.6 is 11.8 Å². The number of rotatable bonds is 4. The quantitative estimate of drug-likeness (QED) is 0.586. The van der Waals surface area contributed by atoms with Gasteiger partial charge >= 0.3 is 11.7 Å². The molecule has 0 saturated heterocycles. The maximum atomic E-state index is 11.3. The monoisotopic (exact) mass is 292 g/mol. The topological polar surface area (TPSA) is 103 Å². The highest BCUT2D eigenvalue weighted by molar-refractivity contribution is 7.98. The summed E-state index contributed by atoms with van der Waals surface area (Å²) in [6, 6.07) is 6.62. The zero-order valence-electron chi connectivity index (χ0n) is 10.6. The minimum Gasteiger partial charge on any atom is -0.508 e. The van der Waals surface area contributed by atoms with E-state index in [1.54, 1.807) is 24.3 Å². The molecule has 0 fully saturated rings. The van der Waals surface area contributed by atoms with E-state index < -0.39 is 11.7 Å². The van der Waals surface area contributed by atoms with Crippen LogP contribution in [0.25, 0.3) is 0 Å². The first-order valence-corrected chi connectivity index (χ1v) is 6.71. The van der Waals surface area contributed by atoms with E-state index in [-0.39, 0.29) is 22.0 Å². The molecule has 0 amide bonds. The number of aromatic amines is 1. The summed E-state index contributed by atoms with van der Waals surface area (Å²) in [4.78, 5) is 28.6. The highest BCUT2D eigenvalue weighted by Crippen LogP contribution is 2.25. The summed E-state index contributed by atoms with van der Waals surface area (Å²) < 4.78 is 0. The van der Waals surface area contributed by atoms with Crippen molar-refractivity contribution in [3.05, 3.63) is 51.6 Å². The van der Waals surface area contributed by atoms with Gasteiger partial charge in [0.05, 0.1) is 0 Å². The zero-order chi connectivity index (χ0) is 14.7. The maximum Gasteiger partial charge on any atom is 0.346 e. The second-order valence-corrected chi connectivity index (χ2v) is 5.07. The molecular weight excluding hydrogens is 280 g/mol. The van der Waals surface area contributed by atoms with Crippen molar-refractivity contribution in [3.63, 3.8) is 0 Å². The first-order valence-electron chi connectivity index (χ1n) is 5.72. The number of thioether (sulfide) groups is 1. The second-order valence-electron chi connectivity index (χ2n) is 4.11. The number of nitrogens with one attached hydrogen (secondary N) is 1. The Labute approximate surface area is 118 Å². The summed E-state index contributed by atoms with van der Waals surface area (Å²) in [6.45, 7) is 1.52. The van der Waals surface area contributed by atoms with E-state index in [0.717, 1.165) is 17.3 Å². The molecular formula is C13H12N2O4S. The van der Waals surface area contributed by atoms with Crippen molar-refractivity contribution < 1.29 is 15.0 Å². The predicted molar refractivity (Wildman–Crippen MR) is 74.2 cm³/mol. The number of hydrogen-bond acceptors (Lipinski definition) is 5. The van der Waals surface area contributed by atoms with Crippen molar-refractivity contribution in [2.45, 2.75) is 17.7 Å². The maximum absolute atomic E-state index is 11.3. The van der Waals surface area contributed by atoms with Crippen molar-refractivity contribution in [2.75, 3.05) is 0 Å². The summed E-state index contributed by atoms with van der Waals surface area (Å²) in [6.07, 6.45) is 0. The summed E-state index contributed by atoms with van der Waals surface area (Å²) in [7, 11) is 0. The lowest BCUT2D eigenvalue weighted by molar-refractivity contribution is 0.0690. The van der Waals surface area contributed by atoms with Gasteiger partial charge in [0.2, 0.25) is 0 Å². The zero-order valence-corrected chi connectivity index (χ0v) is 11.4. The van der Waals surface area contributed by atoms with Crippen LogP contribution < -0.4 is 5.69 Å². The lowest BCUT2D eigenvalue weighted by Crippen LogP contribution is -2.18. The van der Waals surface area contributed by atoms with Gasteiger partial charge in [-0.1, -0.05) is 12.1 Å². The second kappa shape index (κ2) is 5.79. The minimum absolute atomic E-state index is 0.00486. The molecule has 1 heterocycles. The number of aromatic nitrogens is 2. The van der Waals surface area contributed by atoms with Gasteiger partial charge in [-0.25, -0.2) is 9.59 Å². The Morgan fingerprint density at radius 2 is 2.20 bits per heavy atom. The highest BCUT2D eigenvalue weighted by Gasteiger charge is 2.16. The molecule has 6 nitrogen and oxygen atoms in total. The summed E-state index contributed by atoms with van der Waals surface area (Å²) >= 11 is 1.14. The molecule has 0 aliphatic heterocycles. The Bertz CT molecular complexity index is 712. The molecule has 104 valence electrons. The van der Waals surface area contributed by atoms with Gasteiger partial charge in [-0.15, -0.1) is 11.8 Å². The normalized spacial score (nSPS) is 10.4. The van der Waals surface area contributed by atoms with Crippen LogP contribution in [0.2, 0.25) is 0 Å². The standard InChI is InChI=1S/C13H12N2O4S/c1-7-10(12(17)18)11(15-13(19)14-7)20-6-8-3-2-4-9(16)5-8/h2-5,16H,6H2,1H3,(H,17,18)(H,14,15,19). The van der Waals surface area contributed by atoms with E-state index >= 15 is 0 Å². The average molecular weight is 292 g/mol. The molecule has 0 atom stereocenters. The number of phenols is 1. The Morgan fingerprint density at radius 1 is 1.45 bits per heavy atom. The smallest absolute Gasteiger partial charge is 0.346 e. The molecule has 0 aliphatic rings. The van der Waals surface area contributed by atoms with Gasteiger partial charge in [0.25, 0.3) is 0 Å². The fourth-order valence-corrected chi connectivity index (χ4v) is 2.73. The summed E-state index contributed by atoms with van der Waals surface area (Å²) in [5.41, 5.74) is 0.502. The number of carboxylic acids is 1. The number of aromatic hydroxyl groups is 1. The Kier molecular flexibility index (Phi) is 4.09. The van der Waals surface area contributed by atoms with Crippen LogP contribution in [0.5, 0.6) is 5.75 Å². The number of H-pyrrole nitrogens is 1. The third-order valence-corrected chi connectivity index (χ3v) is 3.63. The van der Waals surface area contributed by atoms with Crippen LogP contribution in [-0.2, 0) is 5.75 Å². The molecule has 0 radical (unpaired) electrons. The third kappa shape index (κ3) is 3.18. The van der Waals surface area contributed by atoms with Gasteiger partial charge in [-0.2, -0.15) is 4.98 Å². The number of aromatic carboxylic acids is 1. The van der Waals surface area contributed by atoms with Crippen LogP contribution in [0, 0.1) is 6.92 Å². The van der Waals surface area contributed by atoms with Gasteiger partial charge in [-0.05, 0) is 24.6 Å². The van der Waals surface area contributed by atoms with Crippen LogP contribution in [0.3, 0.4) is 0 Å². The molecule has 2 rings (SSSR count). The number of carboxylic acid groups (broad SMARTS) is 1. The Morgan fingerprint density at radius 3 is 2.85 bits per heavy atom. The highest BCUT2D eigenvalue weighted by atomic mass is 32.2. The van der Waals surface area contributed by atoms with Crippen molar-refractivity contribution in [1.29, 1.82) is 0 Å². The first-order chi connectivity index (χ1) is 9.47. The van der Waals surface area contributed by atoms with Gasteiger partial charge in [0, 0.05) is 11.4 Å². The molecule has 1 aromatic carbocycles. The van der Waals surface area contributed by atoms with Crippen LogP contribution in [0.4, 0.5) is 0 Å². The van der Waals surface area contributed by atoms with Gasteiger partial charge in [0.15, 0.2) is 0 Å². The molecule has 0 unspecified atom stereocenters. The van der Waals surface area contributed by atoms with Crippen LogP contribution in [0.1, 0.15) is 21.6 Å². The number of phenolic OH excluding ortho intramolecular Hbond substituents is 1. The van der Waals surface area contributed by atoms with E-state index in [0.29, 0.717) is 5.75 Å². The molecule has 0 aliphatic carbocycles. The molecule has 0 spiro atoms. The largest absolute Gasteiger partial charge is 0.508 e. The van der Waals surface area contributed by atoms with Crippen molar-refractivity contribution in [2.24, 2.45) is 0 Å². The van der Waals surface area contributed by atoms with Crippen molar-refractivity contribution >= 4 is 17.7 Å². The molecule has 20 heavy (non-hydrogen) atoms. The Balaban J connectivity index is 2.29. The lowest BCUT2D eigenvalue weighted by atomic mass is 10.2. The van der Waals surface area contributed by atoms with E-state index in [4.69, 9.17) is 5.11 Å². The van der Waals surface area contributed by atoms with Gasteiger partial charge < -0.3 is 15.2 Å². The number of hydrogen-bond donors (Lipinski definition) is 3. The molecule has 0 saturated carbocycles. The fraction of sp³-hybridized carbons (Fsp3) is 0.154. The third-order valence-electron chi connectivity index (χ3n) is 2.59. The minimum atomic E-state index is -1.13. The van der Waals surface area contributed by atoms with Gasteiger partial charge in [0.1, 0.15) is 16.3 Å². The van der Waals surface area contributed by atoms with E-state index in [9.17, 15) is 14.7 Å². The fourth-order valence-electron chi connectivity index (χ4n) is 1.71. The summed E-state index contributed by atoms with van der Waals surface area (Å²) in [5.74, 6) is -0.592. The number of carbonyl (C=O) groups is 1. The SMILES string of the molecule is Cc1[nH]c(=O)nc(SCc2cccc(O)c2)c1C(=O)O. The predicted octanol–water partition coefficient (Wildman–Crippen LogP) is 1.77. The molecule has 1 aromatic heterocycles. The molecule has 2 aromatic rings. The lowest BCUT2D eigenvalue weighted by Gasteiger charge is -2.07.